The van der Waals surface area contributed by atoms with Crippen LogP contribution in [0.2, 0.25) is 0 Å². The van der Waals surface area contributed by atoms with E-state index in [4.69, 9.17) is 9.26 Å². The molecule has 1 amide bonds. The van der Waals surface area contributed by atoms with Gasteiger partial charge in [-0.2, -0.15) is 0 Å². The van der Waals surface area contributed by atoms with Crippen molar-refractivity contribution in [1.29, 1.82) is 0 Å². The van der Waals surface area contributed by atoms with Crippen LogP contribution in [0.4, 0.5) is 5.88 Å². The third-order valence-corrected chi connectivity index (χ3v) is 3.15. The second kappa shape index (κ2) is 6.56. The first-order valence-electron chi connectivity index (χ1n) is 6.81. The number of hydrogen-bond acceptors (Lipinski definition) is 5. The maximum absolute atomic E-state index is 11.9. The Hall–Kier alpha value is -1.56. The van der Waals surface area contributed by atoms with E-state index in [0.29, 0.717) is 24.8 Å². The molecule has 6 heteroatoms. The number of hydrogen-bond donors (Lipinski definition) is 1. The molecule has 1 aromatic rings. The number of nitrogens with one attached hydrogen (secondary N) is 1. The minimum atomic E-state index is -0.177. The van der Waals surface area contributed by atoms with E-state index in [-0.39, 0.29) is 11.9 Å². The zero-order chi connectivity index (χ0) is 13.7. The number of amides is 1. The van der Waals surface area contributed by atoms with Crippen LogP contribution >= 0.6 is 0 Å². The van der Waals surface area contributed by atoms with Gasteiger partial charge in [-0.3, -0.25) is 4.79 Å². The van der Waals surface area contributed by atoms with Gasteiger partial charge < -0.3 is 19.5 Å². The predicted octanol–water partition coefficient (Wildman–Crippen LogP) is 1.43. The minimum Gasteiger partial charge on any atom is -0.378 e. The maximum Gasteiger partial charge on any atom is 0.273 e. The summed E-state index contributed by atoms with van der Waals surface area (Å²) >= 11 is 0. The molecule has 2 rings (SSSR count). The molecular formula is C13H21N3O3. The van der Waals surface area contributed by atoms with Crippen molar-refractivity contribution in [3.05, 3.63) is 11.8 Å². The Morgan fingerprint density at radius 2 is 2.26 bits per heavy atom. The van der Waals surface area contributed by atoms with Crippen molar-refractivity contribution in [1.82, 2.24) is 10.5 Å². The number of carbonyl (C=O) groups is 1. The standard InChI is InChI=1S/C13H21N3O3/c1-3-4-10(2)14-13(17)11-9-12(19-15-11)16-5-7-18-8-6-16/h9-10H,3-8H2,1-2H3,(H,14,17)/t10-/m1/s1. The zero-order valence-corrected chi connectivity index (χ0v) is 11.5. The van der Waals surface area contributed by atoms with E-state index in [0.717, 1.165) is 25.9 Å². The van der Waals surface area contributed by atoms with Crippen molar-refractivity contribution in [2.24, 2.45) is 0 Å². The molecule has 1 saturated heterocycles. The lowest BCUT2D eigenvalue weighted by Crippen LogP contribution is -2.36. The number of anilines is 1. The summed E-state index contributed by atoms with van der Waals surface area (Å²) in [5.41, 5.74) is 0.337. The predicted molar refractivity (Wildman–Crippen MR) is 71.4 cm³/mol. The Balaban J connectivity index is 1.94. The highest BCUT2D eigenvalue weighted by Crippen LogP contribution is 2.17. The van der Waals surface area contributed by atoms with E-state index in [2.05, 4.69) is 17.4 Å². The lowest BCUT2D eigenvalue weighted by molar-refractivity contribution is 0.0929. The molecule has 2 heterocycles. The van der Waals surface area contributed by atoms with E-state index in [1.807, 2.05) is 11.8 Å². The van der Waals surface area contributed by atoms with E-state index in [1.54, 1.807) is 6.07 Å². The van der Waals surface area contributed by atoms with Gasteiger partial charge in [0.2, 0.25) is 5.88 Å². The summed E-state index contributed by atoms with van der Waals surface area (Å²) in [4.78, 5) is 14.0. The van der Waals surface area contributed by atoms with E-state index < -0.39 is 0 Å². The summed E-state index contributed by atoms with van der Waals surface area (Å²) in [7, 11) is 0. The summed E-state index contributed by atoms with van der Waals surface area (Å²) in [6.07, 6.45) is 2.00. The molecule has 0 bridgehead atoms. The molecule has 0 unspecified atom stereocenters. The van der Waals surface area contributed by atoms with Crippen molar-refractivity contribution in [2.75, 3.05) is 31.2 Å². The van der Waals surface area contributed by atoms with Gasteiger partial charge >= 0.3 is 0 Å². The number of morpholine rings is 1. The van der Waals surface area contributed by atoms with Crippen LogP contribution in [0.3, 0.4) is 0 Å². The van der Waals surface area contributed by atoms with Crippen LogP contribution in [-0.2, 0) is 4.74 Å². The van der Waals surface area contributed by atoms with Gasteiger partial charge in [0.25, 0.3) is 5.91 Å². The van der Waals surface area contributed by atoms with Crippen LogP contribution in [-0.4, -0.2) is 43.4 Å². The summed E-state index contributed by atoms with van der Waals surface area (Å²) in [5.74, 6) is 0.459. The van der Waals surface area contributed by atoms with Gasteiger partial charge in [0.1, 0.15) is 0 Å². The number of nitrogens with zero attached hydrogens (tertiary/aromatic N) is 2. The number of ether oxygens (including phenoxy) is 1. The molecule has 1 N–H and O–H groups in total. The summed E-state index contributed by atoms with van der Waals surface area (Å²) in [5, 5.41) is 6.74. The van der Waals surface area contributed by atoms with Crippen molar-refractivity contribution in [3.8, 4) is 0 Å². The van der Waals surface area contributed by atoms with Crippen LogP contribution in [0.5, 0.6) is 0 Å². The average molecular weight is 267 g/mol. The molecule has 1 fully saturated rings. The van der Waals surface area contributed by atoms with Gasteiger partial charge in [-0.1, -0.05) is 18.5 Å². The Bertz CT molecular complexity index is 413. The fraction of sp³-hybridized carbons (Fsp3) is 0.692. The van der Waals surface area contributed by atoms with E-state index >= 15 is 0 Å². The quantitative estimate of drug-likeness (QED) is 0.874. The molecular weight excluding hydrogens is 246 g/mol. The highest BCUT2D eigenvalue weighted by molar-refractivity contribution is 5.93. The fourth-order valence-electron chi connectivity index (χ4n) is 2.11. The first kappa shape index (κ1) is 13.9. The molecule has 19 heavy (non-hydrogen) atoms. The Morgan fingerprint density at radius 3 is 2.95 bits per heavy atom. The summed E-state index contributed by atoms with van der Waals surface area (Å²) < 4.78 is 10.5. The van der Waals surface area contributed by atoms with E-state index in [9.17, 15) is 4.79 Å². The molecule has 0 aliphatic carbocycles. The summed E-state index contributed by atoms with van der Waals surface area (Å²) in [6, 6.07) is 1.85. The molecule has 106 valence electrons. The average Bonchev–Trinajstić information content (AvgIpc) is 2.89. The van der Waals surface area contributed by atoms with Gasteiger partial charge in [0.05, 0.1) is 13.2 Å². The second-order valence-electron chi connectivity index (χ2n) is 4.81. The van der Waals surface area contributed by atoms with Gasteiger partial charge in [-0.05, 0) is 13.3 Å². The zero-order valence-electron chi connectivity index (χ0n) is 11.5. The topological polar surface area (TPSA) is 67.6 Å². The molecule has 1 aliphatic rings. The van der Waals surface area contributed by atoms with Crippen molar-refractivity contribution in [2.45, 2.75) is 32.7 Å². The Labute approximate surface area is 113 Å². The number of carbonyl (C=O) groups excluding carboxylic acids is 1. The first-order chi connectivity index (χ1) is 9.20. The van der Waals surface area contributed by atoms with Gasteiger partial charge in [-0.15, -0.1) is 0 Å². The number of aromatic nitrogens is 1. The highest BCUT2D eigenvalue weighted by atomic mass is 16.5. The second-order valence-corrected chi connectivity index (χ2v) is 4.81. The van der Waals surface area contributed by atoms with Crippen LogP contribution in [0, 0.1) is 0 Å². The third kappa shape index (κ3) is 3.70. The third-order valence-electron chi connectivity index (χ3n) is 3.15. The molecule has 1 atom stereocenters. The van der Waals surface area contributed by atoms with Gasteiger partial charge in [0.15, 0.2) is 5.69 Å². The van der Waals surface area contributed by atoms with Gasteiger partial charge in [-0.25, -0.2) is 0 Å². The molecule has 0 spiro atoms. The van der Waals surface area contributed by atoms with E-state index in [1.165, 1.54) is 0 Å². The molecule has 0 aromatic carbocycles. The monoisotopic (exact) mass is 267 g/mol. The highest BCUT2D eigenvalue weighted by Gasteiger charge is 2.19. The SMILES string of the molecule is CCC[C@@H](C)NC(=O)c1cc(N2CCOCC2)on1. The number of rotatable bonds is 5. The largest absolute Gasteiger partial charge is 0.378 e. The molecule has 1 aromatic heterocycles. The molecule has 0 saturated carbocycles. The molecule has 0 radical (unpaired) electrons. The fourth-order valence-corrected chi connectivity index (χ4v) is 2.11. The normalized spacial score (nSPS) is 17.3. The molecule has 6 nitrogen and oxygen atoms in total. The molecule has 1 aliphatic heterocycles. The lowest BCUT2D eigenvalue weighted by Gasteiger charge is -2.25. The maximum atomic E-state index is 11.9. The van der Waals surface area contributed by atoms with Crippen molar-refractivity contribution >= 4 is 11.8 Å². The van der Waals surface area contributed by atoms with Crippen LogP contribution < -0.4 is 10.2 Å². The Morgan fingerprint density at radius 1 is 1.53 bits per heavy atom. The van der Waals surface area contributed by atoms with Crippen LogP contribution in [0.25, 0.3) is 0 Å². The Kier molecular flexibility index (Phi) is 4.79. The summed E-state index contributed by atoms with van der Waals surface area (Å²) in [6.45, 7) is 6.97. The minimum absolute atomic E-state index is 0.154. The van der Waals surface area contributed by atoms with Gasteiger partial charge in [0, 0.05) is 25.2 Å². The van der Waals surface area contributed by atoms with Crippen LogP contribution in [0.1, 0.15) is 37.2 Å². The van der Waals surface area contributed by atoms with Crippen molar-refractivity contribution < 1.29 is 14.1 Å². The smallest absolute Gasteiger partial charge is 0.273 e. The lowest BCUT2D eigenvalue weighted by atomic mass is 10.2. The van der Waals surface area contributed by atoms with Crippen molar-refractivity contribution in [3.63, 3.8) is 0 Å². The van der Waals surface area contributed by atoms with Crippen LogP contribution in [0.15, 0.2) is 10.6 Å². The first-order valence-corrected chi connectivity index (χ1v) is 6.81.